The molecule has 102 valence electrons. The van der Waals surface area contributed by atoms with Crippen LogP contribution in [0, 0.1) is 0 Å². The van der Waals surface area contributed by atoms with Crippen LogP contribution in [0.25, 0.3) is 0 Å². The Morgan fingerprint density at radius 3 is 2.12 bits per heavy atom. The largest absolute Gasteiger partial charge is 0.411 e. The summed E-state index contributed by atoms with van der Waals surface area (Å²) in [5, 5.41) is 36.6. The van der Waals surface area contributed by atoms with E-state index in [1.165, 1.54) is 0 Å². The number of aliphatic hydroxyl groups is 4. The van der Waals surface area contributed by atoms with Gasteiger partial charge in [-0.05, 0) is 0 Å². The van der Waals surface area contributed by atoms with Crippen LogP contribution in [-0.4, -0.2) is 70.5 Å². The molecule has 0 aromatic heterocycles. The predicted molar refractivity (Wildman–Crippen MR) is 45.8 cm³/mol. The van der Waals surface area contributed by atoms with Crippen LogP contribution >= 0.6 is 0 Å². The molecule has 1 rings (SSSR count). The summed E-state index contributed by atoms with van der Waals surface area (Å²) in [7, 11) is 0. The second kappa shape index (κ2) is 5.46. The molecule has 0 radical (unpaired) electrons. The molecule has 9 heteroatoms. The molecule has 1 fully saturated rings. The quantitative estimate of drug-likeness (QED) is 0.487. The van der Waals surface area contributed by atoms with Crippen molar-refractivity contribution >= 4 is 0 Å². The van der Waals surface area contributed by atoms with Gasteiger partial charge < -0.3 is 29.9 Å². The van der Waals surface area contributed by atoms with Gasteiger partial charge in [0.15, 0.2) is 6.29 Å². The summed E-state index contributed by atoms with van der Waals surface area (Å²) in [6.07, 6.45) is -12.9. The summed E-state index contributed by atoms with van der Waals surface area (Å²) >= 11 is 0. The average molecular weight is 262 g/mol. The number of aliphatic hydroxyl groups excluding tert-OH is 4. The lowest BCUT2D eigenvalue weighted by atomic mass is 9.99. The molecule has 17 heavy (non-hydrogen) atoms. The minimum Gasteiger partial charge on any atom is -0.394 e. The Kier molecular flexibility index (Phi) is 4.69. The summed E-state index contributed by atoms with van der Waals surface area (Å²) in [6.45, 7) is -2.40. The predicted octanol–water partition coefficient (Wildman–Crippen LogP) is -1.63. The van der Waals surface area contributed by atoms with Crippen molar-refractivity contribution in [3.8, 4) is 0 Å². The first-order valence-electron chi connectivity index (χ1n) is 4.75. The third-order valence-corrected chi connectivity index (χ3v) is 2.26. The Bertz CT molecular complexity index is 246. The molecular weight excluding hydrogens is 249 g/mol. The highest BCUT2D eigenvalue weighted by molar-refractivity contribution is 4.88. The standard InChI is InChI=1S/C8H13F3O6/c9-8(10,11)2-16-7-6(15)5(14)4(13)3(1-12)17-7/h3-7,12-15H,1-2H2/t3-,4-,5+,6-,7?/m1/s1. The van der Waals surface area contributed by atoms with Gasteiger partial charge in [-0.2, -0.15) is 13.2 Å². The van der Waals surface area contributed by atoms with Gasteiger partial charge >= 0.3 is 6.18 Å². The Labute approximate surface area is 94.2 Å². The zero-order valence-corrected chi connectivity index (χ0v) is 8.54. The minimum absolute atomic E-state index is 0.725. The van der Waals surface area contributed by atoms with Gasteiger partial charge in [-0.25, -0.2) is 0 Å². The first-order chi connectivity index (χ1) is 7.76. The Balaban J connectivity index is 2.59. The molecule has 0 bridgehead atoms. The SMILES string of the molecule is OC[C@H]1OC(OCC(F)(F)F)[C@H](O)[C@@H](O)[C@@H]1O. The van der Waals surface area contributed by atoms with E-state index in [0.29, 0.717) is 0 Å². The molecule has 0 spiro atoms. The lowest BCUT2D eigenvalue weighted by Gasteiger charge is -2.39. The van der Waals surface area contributed by atoms with Gasteiger partial charge in [-0.15, -0.1) is 0 Å². The summed E-state index contributed by atoms with van der Waals surface area (Å²) in [5.41, 5.74) is 0. The molecule has 0 saturated carbocycles. The normalized spacial score (nSPS) is 39.4. The van der Waals surface area contributed by atoms with E-state index in [9.17, 15) is 28.5 Å². The van der Waals surface area contributed by atoms with Gasteiger partial charge in [0.05, 0.1) is 6.61 Å². The topological polar surface area (TPSA) is 99.4 Å². The first-order valence-corrected chi connectivity index (χ1v) is 4.75. The molecule has 5 atom stereocenters. The van der Waals surface area contributed by atoms with Gasteiger partial charge in [-0.3, -0.25) is 0 Å². The lowest BCUT2D eigenvalue weighted by Crippen LogP contribution is -2.59. The third-order valence-electron chi connectivity index (χ3n) is 2.26. The van der Waals surface area contributed by atoms with Crippen LogP contribution in [0.2, 0.25) is 0 Å². The van der Waals surface area contributed by atoms with Gasteiger partial charge in [-0.1, -0.05) is 0 Å². The second-order valence-electron chi connectivity index (χ2n) is 3.62. The molecule has 0 aliphatic carbocycles. The molecule has 1 heterocycles. The molecule has 0 aromatic rings. The highest BCUT2D eigenvalue weighted by atomic mass is 19.4. The highest BCUT2D eigenvalue weighted by Gasteiger charge is 2.45. The van der Waals surface area contributed by atoms with Crippen LogP contribution in [0.3, 0.4) is 0 Å². The van der Waals surface area contributed by atoms with Crippen molar-refractivity contribution in [1.29, 1.82) is 0 Å². The molecular formula is C8H13F3O6. The van der Waals surface area contributed by atoms with E-state index >= 15 is 0 Å². The zero-order chi connectivity index (χ0) is 13.2. The minimum atomic E-state index is -4.61. The smallest absolute Gasteiger partial charge is 0.394 e. The molecule has 1 aliphatic heterocycles. The molecule has 1 unspecified atom stereocenters. The molecule has 1 aliphatic rings. The summed E-state index contributed by atoms with van der Waals surface area (Å²) in [4.78, 5) is 0. The fourth-order valence-electron chi connectivity index (χ4n) is 1.38. The van der Waals surface area contributed by atoms with Crippen molar-refractivity contribution in [2.45, 2.75) is 36.9 Å². The average Bonchev–Trinajstić information content (AvgIpc) is 2.24. The third kappa shape index (κ3) is 3.76. The van der Waals surface area contributed by atoms with Crippen molar-refractivity contribution in [2.24, 2.45) is 0 Å². The van der Waals surface area contributed by atoms with Crippen LogP contribution in [0.15, 0.2) is 0 Å². The Morgan fingerprint density at radius 1 is 1.06 bits per heavy atom. The number of alkyl halides is 3. The van der Waals surface area contributed by atoms with Crippen LogP contribution in [0.1, 0.15) is 0 Å². The van der Waals surface area contributed by atoms with E-state index in [4.69, 9.17) is 9.84 Å². The van der Waals surface area contributed by atoms with Crippen LogP contribution in [0.4, 0.5) is 13.2 Å². The maximum Gasteiger partial charge on any atom is 0.411 e. The van der Waals surface area contributed by atoms with E-state index in [-0.39, 0.29) is 0 Å². The van der Waals surface area contributed by atoms with Crippen LogP contribution < -0.4 is 0 Å². The maximum atomic E-state index is 11.9. The maximum absolute atomic E-state index is 11.9. The number of hydrogen-bond acceptors (Lipinski definition) is 6. The van der Waals surface area contributed by atoms with Crippen LogP contribution in [0.5, 0.6) is 0 Å². The van der Waals surface area contributed by atoms with E-state index in [2.05, 4.69) is 4.74 Å². The summed E-state index contributed by atoms with van der Waals surface area (Å²) < 4.78 is 44.5. The Hall–Kier alpha value is -0.450. The van der Waals surface area contributed by atoms with Gasteiger partial charge in [0.2, 0.25) is 0 Å². The highest BCUT2D eigenvalue weighted by Crippen LogP contribution is 2.24. The summed E-state index contributed by atoms with van der Waals surface area (Å²) in [5.74, 6) is 0. The van der Waals surface area contributed by atoms with E-state index in [1.807, 2.05) is 0 Å². The monoisotopic (exact) mass is 262 g/mol. The lowest BCUT2D eigenvalue weighted by molar-refractivity contribution is -0.319. The van der Waals surface area contributed by atoms with Crippen molar-refractivity contribution < 1.29 is 43.1 Å². The molecule has 0 aromatic carbocycles. The summed E-state index contributed by atoms with van der Waals surface area (Å²) in [6, 6.07) is 0. The molecule has 1 saturated heterocycles. The van der Waals surface area contributed by atoms with Gasteiger partial charge in [0.25, 0.3) is 0 Å². The van der Waals surface area contributed by atoms with E-state index in [1.54, 1.807) is 0 Å². The van der Waals surface area contributed by atoms with Crippen molar-refractivity contribution in [2.75, 3.05) is 13.2 Å². The molecule has 6 nitrogen and oxygen atoms in total. The fourth-order valence-corrected chi connectivity index (χ4v) is 1.38. The van der Waals surface area contributed by atoms with E-state index in [0.717, 1.165) is 0 Å². The van der Waals surface area contributed by atoms with Crippen LogP contribution in [-0.2, 0) is 9.47 Å². The first kappa shape index (κ1) is 14.6. The number of ether oxygens (including phenoxy) is 2. The Morgan fingerprint density at radius 2 is 1.65 bits per heavy atom. The molecule has 4 N–H and O–H groups in total. The van der Waals surface area contributed by atoms with Crippen molar-refractivity contribution in [3.05, 3.63) is 0 Å². The fraction of sp³-hybridized carbons (Fsp3) is 1.00. The number of hydrogen-bond donors (Lipinski definition) is 4. The second-order valence-corrected chi connectivity index (χ2v) is 3.62. The number of halogens is 3. The molecule has 0 amide bonds. The van der Waals surface area contributed by atoms with E-state index < -0.39 is 50.1 Å². The number of rotatable bonds is 3. The zero-order valence-electron chi connectivity index (χ0n) is 8.54. The van der Waals surface area contributed by atoms with Gasteiger partial charge in [0.1, 0.15) is 31.0 Å². The van der Waals surface area contributed by atoms with Crippen molar-refractivity contribution in [1.82, 2.24) is 0 Å². The van der Waals surface area contributed by atoms with Crippen molar-refractivity contribution in [3.63, 3.8) is 0 Å². The van der Waals surface area contributed by atoms with Gasteiger partial charge in [0, 0.05) is 0 Å².